The summed E-state index contributed by atoms with van der Waals surface area (Å²) >= 11 is 0. The number of carbonyl (C=O) groups is 2. The molecule has 0 unspecified atom stereocenters. The first-order valence-electron chi connectivity index (χ1n) is 9.64. The van der Waals surface area contributed by atoms with Gasteiger partial charge in [0.1, 0.15) is 11.7 Å². The number of aromatic nitrogens is 1. The summed E-state index contributed by atoms with van der Waals surface area (Å²) in [7, 11) is 0. The second-order valence-electron chi connectivity index (χ2n) is 7.02. The van der Waals surface area contributed by atoms with Gasteiger partial charge in [0, 0.05) is 11.8 Å². The van der Waals surface area contributed by atoms with Gasteiger partial charge in [-0.1, -0.05) is 78.9 Å². The van der Waals surface area contributed by atoms with E-state index < -0.39 is 17.9 Å². The lowest BCUT2D eigenvalue weighted by Gasteiger charge is -2.15. The number of nitrogens with one attached hydrogen (secondary N) is 1. The molecule has 3 aromatic carbocycles. The van der Waals surface area contributed by atoms with E-state index in [1.165, 1.54) is 0 Å². The number of amides is 1. The van der Waals surface area contributed by atoms with E-state index in [0.717, 1.165) is 22.1 Å². The molecule has 0 saturated carbocycles. The number of nitrogens with zero attached hydrogens (tertiary/aromatic N) is 1. The molecule has 4 aromatic rings. The van der Waals surface area contributed by atoms with Gasteiger partial charge in [0.2, 0.25) is 0 Å². The van der Waals surface area contributed by atoms with Crippen LogP contribution >= 0.6 is 0 Å². The Hall–Kier alpha value is -3.99. The first-order valence-corrected chi connectivity index (χ1v) is 9.64. The van der Waals surface area contributed by atoms with Gasteiger partial charge in [-0.25, -0.2) is 9.78 Å². The van der Waals surface area contributed by atoms with Crippen molar-refractivity contribution in [2.24, 2.45) is 0 Å². The molecule has 5 heteroatoms. The zero-order valence-electron chi connectivity index (χ0n) is 16.2. The number of carboxylic acid groups (broad SMARTS) is 1. The van der Waals surface area contributed by atoms with E-state index in [1.807, 2.05) is 78.9 Å². The first-order chi connectivity index (χ1) is 14.6. The van der Waals surface area contributed by atoms with Gasteiger partial charge in [-0.05, 0) is 28.8 Å². The van der Waals surface area contributed by atoms with Crippen LogP contribution in [0.5, 0.6) is 0 Å². The van der Waals surface area contributed by atoms with E-state index in [9.17, 15) is 14.7 Å². The van der Waals surface area contributed by atoms with Crippen LogP contribution in [-0.2, 0) is 11.2 Å². The van der Waals surface area contributed by atoms with Crippen molar-refractivity contribution in [1.29, 1.82) is 0 Å². The smallest absolute Gasteiger partial charge is 0.326 e. The number of aliphatic carboxylic acids is 1. The minimum Gasteiger partial charge on any atom is -0.480 e. The summed E-state index contributed by atoms with van der Waals surface area (Å²) in [6, 6.07) is 27.4. The number of fused-ring (bicyclic) bond motifs is 1. The maximum atomic E-state index is 12.6. The van der Waals surface area contributed by atoms with Gasteiger partial charge in [0.05, 0.1) is 5.52 Å². The molecule has 1 aromatic heterocycles. The van der Waals surface area contributed by atoms with E-state index in [4.69, 9.17) is 0 Å². The molecule has 0 aliphatic heterocycles. The Morgan fingerprint density at radius 1 is 0.800 bits per heavy atom. The fourth-order valence-electron chi connectivity index (χ4n) is 3.32. The molecule has 1 atom stereocenters. The molecule has 0 aliphatic carbocycles. The molecule has 0 spiro atoms. The minimum atomic E-state index is -1.09. The average molecular weight is 396 g/mol. The summed E-state index contributed by atoms with van der Waals surface area (Å²) in [4.78, 5) is 28.7. The average Bonchev–Trinajstić information content (AvgIpc) is 2.79. The number of rotatable bonds is 6. The fourth-order valence-corrected chi connectivity index (χ4v) is 3.32. The lowest BCUT2D eigenvalue weighted by Crippen LogP contribution is -2.42. The maximum Gasteiger partial charge on any atom is 0.326 e. The van der Waals surface area contributed by atoms with Gasteiger partial charge < -0.3 is 10.4 Å². The van der Waals surface area contributed by atoms with Crippen molar-refractivity contribution >= 4 is 22.8 Å². The van der Waals surface area contributed by atoms with Crippen LogP contribution in [0.2, 0.25) is 0 Å². The summed E-state index contributed by atoms with van der Waals surface area (Å²) in [6.07, 6.45) is 0.184. The van der Waals surface area contributed by atoms with Crippen molar-refractivity contribution in [2.45, 2.75) is 12.5 Å². The Bertz CT molecular complexity index is 1190. The summed E-state index contributed by atoms with van der Waals surface area (Å²) < 4.78 is 0. The molecule has 30 heavy (non-hydrogen) atoms. The normalized spacial score (nSPS) is 11.7. The Balaban J connectivity index is 1.48. The highest BCUT2D eigenvalue weighted by molar-refractivity contribution is 5.97. The summed E-state index contributed by atoms with van der Waals surface area (Å²) in [5, 5.41) is 13.1. The number of carbonyl (C=O) groups excluding carboxylic acids is 1. The molecule has 1 heterocycles. The van der Waals surface area contributed by atoms with Crippen molar-refractivity contribution in [1.82, 2.24) is 10.3 Å². The lowest BCUT2D eigenvalue weighted by molar-refractivity contribution is -0.139. The second kappa shape index (κ2) is 8.57. The van der Waals surface area contributed by atoms with Crippen molar-refractivity contribution in [3.8, 4) is 11.1 Å². The highest BCUT2D eigenvalue weighted by Gasteiger charge is 2.22. The van der Waals surface area contributed by atoms with E-state index >= 15 is 0 Å². The molecule has 5 nitrogen and oxygen atoms in total. The van der Waals surface area contributed by atoms with Crippen LogP contribution in [0.25, 0.3) is 22.0 Å². The van der Waals surface area contributed by atoms with E-state index in [-0.39, 0.29) is 12.1 Å². The van der Waals surface area contributed by atoms with Crippen LogP contribution in [-0.4, -0.2) is 28.0 Å². The second-order valence-corrected chi connectivity index (χ2v) is 7.02. The molecule has 1 amide bonds. The third-order valence-corrected chi connectivity index (χ3v) is 4.94. The van der Waals surface area contributed by atoms with Gasteiger partial charge in [0.25, 0.3) is 5.91 Å². The highest BCUT2D eigenvalue weighted by Crippen LogP contribution is 2.20. The van der Waals surface area contributed by atoms with Crippen LogP contribution < -0.4 is 5.32 Å². The Kier molecular flexibility index (Phi) is 5.52. The van der Waals surface area contributed by atoms with Crippen molar-refractivity contribution in [3.63, 3.8) is 0 Å². The quantitative estimate of drug-likeness (QED) is 0.508. The third-order valence-electron chi connectivity index (χ3n) is 4.94. The standard InChI is InChI=1S/C25H20N2O3/c28-24(22-15-14-20-8-4-5-9-21(20)26-22)27-23(25(29)30)16-17-10-12-19(13-11-17)18-6-2-1-3-7-18/h1-15,23H,16H2,(H,27,28)(H,29,30)/t23-/m1/s1. The van der Waals surface area contributed by atoms with Crippen LogP contribution in [0.15, 0.2) is 91.0 Å². The largest absolute Gasteiger partial charge is 0.480 e. The van der Waals surface area contributed by atoms with Gasteiger partial charge >= 0.3 is 5.97 Å². The molecule has 0 aliphatic rings. The van der Waals surface area contributed by atoms with Gasteiger partial charge in [-0.2, -0.15) is 0 Å². The van der Waals surface area contributed by atoms with Crippen LogP contribution in [0.3, 0.4) is 0 Å². The molecule has 148 valence electrons. The van der Waals surface area contributed by atoms with Crippen LogP contribution in [0.4, 0.5) is 0 Å². The SMILES string of the molecule is O=C(N[C@H](Cc1ccc(-c2ccccc2)cc1)C(=O)O)c1ccc2ccccc2n1. The molecule has 0 fully saturated rings. The van der Waals surface area contributed by atoms with Crippen molar-refractivity contribution in [2.75, 3.05) is 0 Å². The molecule has 0 radical (unpaired) electrons. The third kappa shape index (κ3) is 4.36. The molecular weight excluding hydrogens is 376 g/mol. The number of hydrogen-bond acceptors (Lipinski definition) is 3. The molecule has 2 N–H and O–H groups in total. The summed E-state index contributed by atoms with van der Waals surface area (Å²) in [5.41, 5.74) is 3.85. The maximum absolute atomic E-state index is 12.6. The van der Waals surface area contributed by atoms with Crippen LogP contribution in [0.1, 0.15) is 16.1 Å². The predicted octanol–water partition coefficient (Wildman–Crippen LogP) is 4.33. The summed E-state index contributed by atoms with van der Waals surface area (Å²) in [5.74, 6) is -1.59. The number of hydrogen-bond donors (Lipinski definition) is 2. The Morgan fingerprint density at radius 2 is 1.47 bits per heavy atom. The fraction of sp³-hybridized carbons (Fsp3) is 0.0800. The first kappa shape index (κ1) is 19.3. The van der Waals surface area contributed by atoms with E-state index in [2.05, 4.69) is 10.3 Å². The number of pyridine rings is 1. The monoisotopic (exact) mass is 396 g/mol. The van der Waals surface area contributed by atoms with Gasteiger partial charge in [-0.15, -0.1) is 0 Å². The molecular formula is C25H20N2O3. The topological polar surface area (TPSA) is 79.3 Å². The molecule has 0 saturated heterocycles. The van der Waals surface area contributed by atoms with Crippen molar-refractivity contribution < 1.29 is 14.7 Å². The van der Waals surface area contributed by atoms with E-state index in [1.54, 1.807) is 12.1 Å². The highest BCUT2D eigenvalue weighted by atomic mass is 16.4. The zero-order valence-corrected chi connectivity index (χ0v) is 16.2. The van der Waals surface area contributed by atoms with Crippen LogP contribution in [0, 0.1) is 0 Å². The predicted molar refractivity (Wildman–Crippen MR) is 116 cm³/mol. The van der Waals surface area contributed by atoms with Gasteiger partial charge in [0.15, 0.2) is 0 Å². The van der Waals surface area contributed by atoms with Crippen molar-refractivity contribution in [3.05, 3.63) is 102 Å². The van der Waals surface area contributed by atoms with Gasteiger partial charge in [-0.3, -0.25) is 4.79 Å². The molecule has 4 rings (SSSR count). The van der Waals surface area contributed by atoms with E-state index in [0.29, 0.717) is 5.52 Å². The minimum absolute atomic E-state index is 0.184. The Morgan fingerprint density at radius 3 is 2.20 bits per heavy atom. The number of para-hydroxylation sites is 1. The summed E-state index contributed by atoms with van der Waals surface area (Å²) in [6.45, 7) is 0. The number of carboxylic acids is 1. The lowest BCUT2D eigenvalue weighted by atomic mass is 10.0. The number of benzene rings is 3. The molecule has 0 bridgehead atoms. The zero-order chi connectivity index (χ0) is 20.9. The Labute approximate surface area is 174 Å².